The third-order valence-electron chi connectivity index (χ3n) is 5.47. The minimum atomic E-state index is -6.84. The SMILES string of the molecule is O=C(O)c1ccccc1C(=O)OC(C(F)(F)F)C(F)(F)S(=O)(=O)[O-].c1ccc([S+](c2ccccc2)c2ccccc2)cc1. The van der Waals surface area contributed by atoms with Gasteiger partial charge in [0.1, 0.15) is 0 Å². The topological polar surface area (TPSA) is 121 Å². The summed E-state index contributed by atoms with van der Waals surface area (Å²) in [5.41, 5.74) is -1.92. The Bertz CT molecular complexity index is 1540. The third kappa shape index (κ3) is 8.40. The standard InChI is InChI=1S/C18H15S.C11H7F5O7S/c1-4-10-16(11-5-1)19(17-12-6-2-7-13-17)18-14-8-3-9-15-18;12-10(13,14)9(11(15,16)24(20,21)22)23-8(19)6-4-2-1-3-5(6)7(17)18/h1-15H;1-4,9H,(H,17,18)(H,20,21,22)/q+1;/p-1. The molecule has 1 atom stereocenters. The van der Waals surface area contributed by atoms with E-state index in [1.54, 1.807) is 0 Å². The molecular formula is C29H21F5O7S2. The highest BCUT2D eigenvalue weighted by Gasteiger charge is 2.63. The van der Waals surface area contributed by atoms with Crippen LogP contribution in [0.1, 0.15) is 20.7 Å². The zero-order valence-electron chi connectivity index (χ0n) is 21.7. The number of hydrogen-bond donors (Lipinski definition) is 1. The fourth-order valence-electron chi connectivity index (χ4n) is 3.55. The second kappa shape index (κ2) is 13.8. The van der Waals surface area contributed by atoms with Crippen molar-refractivity contribution in [1.29, 1.82) is 0 Å². The molecule has 0 heterocycles. The van der Waals surface area contributed by atoms with Gasteiger partial charge in [0, 0.05) is 0 Å². The van der Waals surface area contributed by atoms with Gasteiger partial charge in [-0.15, -0.1) is 0 Å². The van der Waals surface area contributed by atoms with Crippen LogP contribution in [0.3, 0.4) is 0 Å². The minimum absolute atomic E-state index is 0.0146. The molecular weight excluding hydrogens is 619 g/mol. The van der Waals surface area contributed by atoms with E-state index in [4.69, 9.17) is 5.11 Å². The van der Waals surface area contributed by atoms with Gasteiger partial charge in [-0.1, -0.05) is 66.7 Å². The van der Waals surface area contributed by atoms with Crippen LogP contribution in [0, 0.1) is 0 Å². The van der Waals surface area contributed by atoms with Gasteiger partial charge < -0.3 is 14.4 Å². The maximum Gasteiger partial charge on any atom is 0.432 e. The van der Waals surface area contributed by atoms with E-state index in [1.165, 1.54) is 14.7 Å². The summed E-state index contributed by atoms with van der Waals surface area (Å²) in [5, 5.41) is 2.76. The summed E-state index contributed by atoms with van der Waals surface area (Å²) in [7, 11) is -6.85. The lowest BCUT2D eigenvalue weighted by atomic mass is 10.1. The Balaban J connectivity index is 0.000000241. The van der Waals surface area contributed by atoms with Crippen LogP contribution in [0.25, 0.3) is 0 Å². The predicted molar refractivity (Wildman–Crippen MR) is 145 cm³/mol. The molecule has 4 aromatic rings. The van der Waals surface area contributed by atoms with Crippen molar-refractivity contribution in [1.82, 2.24) is 0 Å². The zero-order chi connectivity index (χ0) is 31.8. The lowest BCUT2D eigenvalue weighted by Crippen LogP contribution is -2.52. The van der Waals surface area contributed by atoms with Crippen LogP contribution < -0.4 is 0 Å². The number of ether oxygens (including phenoxy) is 1. The molecule has 7 nitrogen and oxygen atoms in total. The second-order valence-electron chi connectivity index (χ2n) is 8.44. The number of carbonyl (C=O) groups excluding carboxylic acids is 1. The summed E-state index contributed by atoms with van der Waals surface area (Å²) in [4.78, 5) is 26.5. The van der Waals surface area contributed by atoms with Crippen molar-refractivity contribution in [2.75, 3.05) is 0 Å². The third-order valence-corrected chi connectivity index (χ3v) is 8.59. The van der Waals surface area contributed by atoms with Crippen molar-refractivity contribution in [3.8, 4) is 0 Å². The van der Waals surface area contributed by atoms with Gasteiger partial charge in [-0.3, -0.25) is 0 Å². The van der Waals surface area contributed by atoms with Gasteiger partial charge in [0.05, 0.1) is 22.0 Å². The molecule has 0 radical (unpaired) electrons. The quantitative estimate of drug-likeness (QED) is 0.103. The maximum atomic E-state index is 13.2. The first-order chi connectivity index (χ1) is 20.1. The van der Waals surface area contributed by atoms with Crippen LogP contribution in [0.5, 0.6) is 0 Å². The van der Waals surface area contributed by atoms with Gasteiger partial charge in [0.25, 0.3) is 6.10 Å². The van der Waals surface area contributed by atoms with Gasteiger partial charge in [-0.2, -0.15) is 22.0 Å². The first kappa shape index (κ1) is 33.2. The molecule has 0 fully saturated rings. The monoisotopic (exact) mass is 640 g/mol. The summed E-state index contributed by atoms with van der Waals surface area (Å²) < 4.78 is 98.7. The molecule has 0 spiro atoms. The van der Waals surface area contributed by atoms with Crippen LogP contribution >= 0.6 is 0 Å². The molecule has 0 aliphatic rings. The maximum absolute atomic E-state index is 13.2. The highest BCUT2D eigenvalue weighted by atomic mass is 32.2. The van der Waals surface area contributed by atoms with Gasteiger partial charge in [-0.25, -0.2) is 18.0 Å². The summed E-state index contributed by atoms with van der Waals surface area (Å²) in [6, 6.07) is 35.7. The van der Waals surface area contributed by atoms with Crippen molar-refractivity contribution >= 4 is 33.0 Å². The summed E-state index contributed by atoms with van der Waals surface area (Å²) >= 11 is 0. The fourth-order valence-corrected chi connectivity index (χ4v) is 6.10. The van der Waals surface area contributed by atoms with E-state index in [2.05, 4.69) is 95.7 Å². The molecule has 4 rings (SSSR count). The van der Waals surface area contributed by atoms with E-state index in [-0.39, 0.29) is 10.9 Å². The molecule has 43 heavy (non-hydrogen) atoms. The number of rotatable bonds is 8. The molecule has 4 aromatic carbocycles. The highest BCUT2D eigenvalue weighted by molar-refractivity contribution is 7.97. The molecule has 0 bridgehead atoms. The van der Waals surface area contributed by atoms with Crippen LogP contribution in [-0.2, 0) is 25.7 Å². The van der Waals surface area contributed by atoms with Crippen molar-refractivity contribution in [2.24, 2.45) is 0 Å². The molecule has 1 unspecified atom stereocenters. The number of esters is 1. The number of alkyl halides is 5. The van der Waals surface area contributed by atoms with Crippen LogP contribution in [-0.4, -0.2) is 47.6 Å². The molecule has 0 aliphatic heterocycles. The van der Waals surface area contributed by atoms with Crippen molar-refractivity contribution in [3.63, 3.8) is 0 Å². The van der Waals surface area contributed by atoms with E-state index >= 15 is 0 Å². The largest absolute Gasteiger partial charge is 0.743 e. The molecule has 1 N–H and O–H groups in total. The zero-order valence-corrected chi connectivity index (χ0v) is 23.3. The smallest absolute Gasteiger partial charge is 0.432 e. The second-order valence-corrected chi connectivity index (χ2v) is 11.9. The Morgan fingerprint density at radius 1 is 0.674 bits per heavy atom. The summed E-state index contributed by atoms with van der Waals surface area (Å²) in [6.07, 6.45) is -10.7. The van der Waals surface area contributed by atoms with Gasteiger partial charge >= 0.3 is 23.4 Å². The summed E-state index contributed by atoms with van der Waals surface area (Å²) in [5.74, 6) is -3.98. The van der Waals surface area contributed by atoms with E-state index < -0.39 is 50.7 Å². The number of carboxylic acids is 1. The number of carboxylic acid groups (broad SMARTS) is 1. The van der Waals surface area contributed by atoms with E-state index in [0.717, 1.165) is 18.2 Å². The number of aromatic carboxylic acids is 1. The molecule has 0 saturated carbocycles. The van der Waals surface area contributed by atoms with E-state index in [1.807, 2.05) is 0 Å². The Morgan fingerprint density at radius 3 is 1.35 bits per heavy atom. The van der Waals surface area contributed by atoms with Crippen LogP contribution in [0.4, 0.5) is 22.0 Å². The number of carbonyl (C=O) groups is 2. The Kier molecular flexibility index (Phi) is 10.7. The van der Waals surface area contributed by atoms with Crippen molar-refractivity contribution < 1.29 is 54.4 Å². The average molecular weight is 641 g/mol. The van der Waals surface area contributed by atoms with Crippen molar-refractivity contribution in [3.05, 3.63) is 126 Å². The normalized spacial score (nSPS) is 12.5. The van der Waals surface area contributed by atoms with Gasteiger partial charge in [-0.05, 0) is 48.5 Å². The van der Waals surface area contributed by atoms with Gasteiger partial charge in [0.15, 0.2) is 24.8 Å². The molecule has 226 valence electrons. The predicted octanol–water partition coefficient (Wildman–Crippen LogP) is 6.39. The van der Waals surface area contributed by atoms with Gasteiger partial charge in [0.2, 0.25) is 0 Å². The van der Waals surface area contributed by atoms with Crippen LogP contribution in [0.15, 0.2) is 130 Å². The first-order valence-corrected chi connectivity index (χ1v) is 14.6. The minimum Gasteiger partial charge on any atom is -0.743 e. The van der Waals surface area contributed by atoms with Crippen LogP contribution in [0.2, 0.25) is 0 Å². The lowest BCUT2D eigenvalue weighted by molar-refractivity contribution is -0.248. The Hall–Kier alpha value is -4.27. The summed E-state index contributed by atoms with van der Waals surface area (Å²) in [6.45, 7) is 0. The Labute approximate surface area is 245 Å². The van der Waals surface area contributed by atoms with Crippen molar-refractivity contribution in [2.45, 2.75) is 32.2 Å². The van der Waals surface area contributed by atoms with E-state index in [9.17, 15) is 44.5 Å². The fraction of sp³-hybridized carbons (Fsp3) is 0.103. The molecule has 0 saturated heterocycles. The number of hydrogen-bond acceptors (Lipinski definition) is 6. The van der Waals surface area contributed by atoms with E-state index in [0.29, 0.717) is 6.07 Å². The first-order valence-electron chi connectivity index (χ1n) is 12.0. The average Bonchev–Trinajstić information content (AvgIpc) is 2.96. The number of halogens is 5. The molecule has 14 heteroatoms. The molecule has 0 aliphatic carbocycles. The number of benzene rings is 4. The highest BCUT2D eigenvalue weighted by Crippen LogP contribution is 2.38. The molecule has 0 aromatic heterocycles. The lowest BCUT2D eigenvalue weighted by Gasteiger charge is -2.29. The molecule has 0 amide bonds. The Morgan fingerprint density at radius 2 is 1.02 bits per heavy atom.